The van der Waals surface area contributed by atoms with Gasteiger partial charge < -0.3 is 14.7 Å². The molecule has 0 saturated carbocycles. The van der Waals surface area contributed by atoms with Gasteiger partial charge in [0.25, 0.3) is 5.91 Å². The van der Waals surface area contributed by atoms with E-state index >= 15 is 0 Å². The first-order valence-electron chi connectivity index (χ1n) is 9.05. The van der Waals surface area contributed by atoms with Crippen LogP contribution in [0.1, 0.15) is 40.6 Å². The van der Waals surface area contributed by atoms with Crippen LogP contribution in [0.3, 0.4) is 0 Å². The van der Waals surface area contributed by atoms with Crippen LogP contribution in [0.15, 0.2) is 53.3 Å². The number of likely N-dealkylation sites (tertiary alicyclic amines) is 1. The Kier molecular flexibility index (Phi) is 4.82. The number of rotatable bonds is 4. The molecule has 0 bridgehead atoms. The van der Waals surface area contributed by atoms with Crippen LogP contribution in [-0.4, -0.2) is 39.0 Å². The van der Waals surface area contributed by atoms with E-state index in [1.165, 1.54) is 0 Å². The van der Waals surface area contributed by atoms with Gasteiger partial charge in [-0.2, -0.15) is 0 Å². The third-order valence-electron chi connectivity index (χ3n) is 4.73. The molecule has 0 aliphatic carbocycles. The molecule has 0 aromatic carbocycles. The maximum Gasteiger partial charge on any atom is 0.276 e. The smallest absolute Gasteiger partial charge is 0.276 e. The topological polar surface area (TPSA) is 84.2 Å². The van der Waals surface area contributed by atoms with Gasteiger partial charge in [0.1, 0.15) is 17.4 Å². The summed E-state index contributed by atoms with van der Waals surface area (Å²) >= 11 is 0. The minimum Gasteiger partial charge on any atom is -0.361 e. The van der Waals surface area contributed by atoms with E-state index in [9.17, 15) is 4.79 Å². The number of pyridine rings is 2. The maximum absolute atomic E-state index is 12.7. The lowest BCUT2D eigenvalue weighted by molar-refractivity contribution is 0.0696. The summed E-state index contributed by atoms with van der Waals surface area (Å²) in [5, 5.41) is 7.08. The summed E-state index contributed by atoms with van der Waals surface area (Å²) in [6.07, 6.45) is 5.53. The molecular weight excluding hydrogens is 342 g/mol. The molecule has 4 heterocycles. The summed E-state index contributed by atoms with van der Waals surface area (Å²) in [6, 6.07) is 11.4. The number of aryl methyl sites for hydroxylation is 1. The average molecular weight is 363 g/mol. The fourth-order valence-corrected chi connectivity index (χ4v) is 3.40. The molecule has 0 spiro atoms. The Morgan fingerprint density at radius 2 is 2.07 bits per heavy atom. The Morgan fingerprint density at radius 3 is 2.85 bits per heavy atom. The van der Waals surface area contributed by atoms with Gasteiger partial charge in [0.15, 0.2) is 5.69 Å². The van der Waals surface area contributed by atoms with Crippen molar-refractivity contribution in [2.24, 2.45) is 0 Å². The fourth-order valence-electron chi connectivity index (χ4n) is 3.40. The molecule has 27 heavy (non-hydrogen) atoms. The quantitative estimate of drug-likeness (QED) is 0.763. The number of nitrogens with one attached hydrogen (secondary N) is 1. The van der Waals surface area contributed by atoms with Crippen LogP contribution in [0.4, 0.5) is 11.6 Å². The van der Waals surface area contributed by atoms with Crippen LogP contribution < -0.4 is 5.32 Å². The Hall–Kier alpha value is -3.22. The summed E-state index contributed by atoms with van der Waals surface area (Å²) in [5.41, 5.74) is 1.54. The molecule has 0 radical (unpaired) electrons. The molecule has 3 aromatic heterocycles. The van der Waals surface area contributed by atoms with Crippen molar-refractivity contribution in [2.75, 3.05) is 18.4 Å². The zero-order valence-corrected chi connectivity index (χ0v) is 15.1. The summed E-state index contributed by atoms with van der Waals surface area (Å²) < 4.78 is 5.04. The summed E-state index contributed by atoms with van der Waals surface area (Å²) in [5.74, 6) is 2.34. The second-order valence-corrected chi connectivity index (χ2v) is 6.73. The van der Waals surface area contributed by atoms with Gasteiger partial charge in [-0.25, -0.2) is 9.97 Å². The normalized spacial score (nSPS) is 16.9. The van der Waals surface area contributed by atoms with Crippen molar-refractivity contribution in [3.8, 4) is 0 Å². The van der Waals surface area contributed by atoms with E-state index in [1.54, 1.807) is 25.4 Å². The minimum absolute atomic E-state index is 0.0718. The number of amides is 1. The van der Waals surface area contributed by atoms with E-state index in [0.29, 0.717) is 18.0 Å². The highest BCUT2D eigenvalue weighted by Gasteiger charge is 2.27. The molecular formula is C20H21N5O2. The third kappa shape index (κ3) is 3.97. The molecule has 138 valence electrons. The highest BCUT2D eigenvalue weighted by Crippen LogP contribution is 2.29. The second kappa shape index (κ2) is 7.57. The second-order valence-electron chi connectivity index (χ2n) is 6.73. The molecule has 1 saturated heterocycles. The van der Waals surface area contributed by atoms with E-state index in [2.05, 4.69) is 20.4 Å². The van der Waals surface area contributed by atoms with E-state index in [0.717, 1.165) is 36.6 Å². The highest BCUT2D eigenvalue weighted by atomic mass is 16.5. The molecule has 7 nitrogen and oxygen atoms in total. The van der Waals surface area contributed by atoms with Gasteiger partial charge in [-0.15, -0.1) is 0 Å². The third-order valence-corrected chi connectivity index (χ3v) is 4.73. The molecule has 1 unspecified atom stereocenters. The molecule has 1 fully saturated rings. The summed E-state index contributed by atoms with van der Waals surface area (Å²) in [7, 11) is 0. The number of piperidine rings is 1. The molecule has 1 N–H and O–H groups in total. The van der Waals surface area contributed by atoms with E-state index < -0.39 is 0 Å². The van der Waals surface area contributed by atoms with Crippen LogP contribution >= 0.6 is 0 Å². The van der Waals surface area contributed by atoms with E-state index in [1.807, 2.05) is 35.2 Å². The van der Waals surface area contributed by atoms with E-state index in [4.69, 9.17) is 4.52 Å². The number of aromatic nitrogens is 3. The predicted octanol–water partition coefficient (Wildman–Crippen LogP) is 3.54. The Morgan fingerprint density at radius 1 is 1.19 bits per heavy atom. The zero-order valence-electron chi connectivity index (χ0n) is 15.1. The maximum atomic E-state index is 12.7. The van der Waals surface area contributed by atoms with E-state index in [-0.39, 0.29) is 11.8 Å². The molecule has 1 amide bonds. The van der Waals surface area contributed by atoms with Crippen LogP contribution in [0.25, 0.3) is 0 Å². The lowest BCUT2D eigenvalue weighted by atomic mass is 9.91. The minimum atomic E-state index is -0.0718. The largest absolute Gasteiger partial charge is 0.361 e. The number of anilines is 2. The van der Waals surface area contributed by atoms with Crippen molar-refractivity contribution in [2.45, 2.75) is 25.7 Å². The van der Waals surface area contributed by atoms with Gasteiger partial charge in [0.05, 0.1) is 0 Å². The van der Waals surface area contributed by atoms with Crippen molar-refractivity contribution in [3.63, 3.8) is 0 Å². The first-order chi connectivity index (χ1) is 13.2. The van der Waals surface area contributed by atoms with Gasteiger partial charge in [-0.1, -0.05) is 11.2 Å². The molecule has 1 aliphatic rings. The SMILES string of the molecule is Cc1cc(C(=O)N2CCCC(c3ccnc(Nc4ccccn4)c3)C2)no1. The molecule has 7 heteroatoms. The lowest BCUT2D eigenvalue weighted by Gasteiger charge is -2.32. The fraction of sp³-hybridized carbons (Fsp3) is 0.300. The van der Waals surface area contributed by atoms with Crippen molar-refractivity contribution < 1.29 is 9.32 Å². The molecule has 4 rings (SSSR count). The number of hydrogen-bond donors (Lipinski definition) is 1. The van der Waals surface area contributed by atoms with Crippen LogP contribution in [0, 0.1) is 6.92 Å². The zero-order chi connectivity index (χ0) is 18.6. The van der Waals surface area contributed by atoms with Gasteiger partial charge in [-0.05, 0) is 49.6 Å². The van der Waals surface area contributed by atoms with Crippen molar-refractivity contribution in [1.82, 2.24) is 20.0 Å². The monoisotopic (exact) mass is 363 g/mol. The first kappa shape index (κ1) is 17.2. The van der Waals surface area contributed by atoms with Crippen LogP contribution in [0.2, 0.25) is 0 Å². The summed E-state index contributed by atoms with van der Waals surface area (Å²) in [4.78, 5) is 23.2. The van der Waals surface area contributed by atoms with Crippen molar-refractivity contribution in [3.05, 3.63) is 65.8 Å². The van der Waals surface area contributed by atoms with Crippen molar-refractivity contribution in [1.29, 1.82) is 0 Å². The Labute approximate surface area is 157 Å². The first-order valence-corrected chi connectivity index (χ1v) is 9.05. The number of carbonyl (C=O) groups excluding carboxylic acids is 1. The van der Waals surface area contributed by atoms with Gasteiger partial charge in [-0.3, -0.25) is 4.79 Å². The Balaban J connectivity index is 1.48. The standard InChI is InChI=1S/C20H21N5O2/c1-14-11-17(24-27-14)20(26)25-10-4-5-16(13-25)15-7-9-22-19(12-15)23-18-6-2-3-8-21-18/h2-3,6-9,11-12,16H,4-5,10,13H2,1H3,(H,21,22,23). The summed E-state index contributed by atoms with van der Waals surface area (Å²) in [6.45, 7) is 3.19. The average Bonchev–Trinajstić information content (AvgIpc) is 3.15. The van der Waals surface area contributed by atoms with Crippen molar-refractivity contribution >= 4 is 17.5 Å². The van der Waals surface area contributed by atoms with Crippen LogP contribution in [0.5, 0.6) is 0 Å². The highest BCUT2D eigenvalue weighted by molar-refractivity contribution is 5.92. The lowest BCUT2D eigenvalue weighted by Crippen LogP contribution is -2.39. The van der Waals surface area contributed by atoms with Gasteiger partial charge >= 0.3 is 0 Å². The van der Waals surface area contributed by atoms with Gasteiger partial charge in [0.2, 0.25) is 0 Å². The molecule has 1 atom stereocenters. The molecule has 3 aromatic rings. The number of hydrogen-bond acceptors (Lipinski definition) is 6. The molecule has 1 aliphatic heterocycles. The number of nitrogens with zero attached hydrogens (tertiary/aromatic N) is 4. The van der Waals surface area contributed by atoms with Gasteiger partial charge in [0, 0.05) is 37.5 Å². The number of carbonyl (C=O) groups is 1. The van der Waals surface area contributed by atoms with Crippen LogP contribution in [-0.2, 0) is 0 Å². The predicted molar refractivity (Wildman–Crippen MR) is 101 cm³/mol. The Bertz CT molecular complexity index is 925.